The first-order valence-corrected chi connectivity index (χ1v) is 8.11. The summed E-state index contributed by atoms with van der Waals surface area (Å²) in [5.74, 6) is 0.578. The maximum atomic E-state index is 12.1. The number of nitrogens with zero attached hydrogens (tertiary/aromatic N) is 3. The summed E-state index contributed by atoms with van der Waals surface area (Å²) < 4.78 is 0. The van der Waals surface area contributed by atoms with E-state index < -0.39 is 0 Å². The fourth-order valence-corrected chi connectivity index (χ4v) is 2.74. The monoisotopic (exact) mass is 451 g/mol. The van der Waals surface area contributed by atoms with Crippen molar-refractivity contribution in [1.29, 1.82) is 0 Å². The Kier molecular flexibility index (Phi) is 7.17. The zero-order valence-corrected chi connectivity index (χ0v) is 16.4. The van der Waals surface area contributed by atoms with E-state index in [1.165, 1.54) is 5.56 Å². The molecule has 7 heteroatoms. The van der Waals surface area contributed by atoms with Gasteiger partial charge in [-0.2, -0.15) is 0 Å². The number of benzene rings is 1. The van der Waals surface area contributed by atoms with Crippen LogP contribution in [0.25, 0.3) is 0 Å². The highest BCUT2D eigenvalue weighted by Crippen LogP contribution is 2.27. The van der Waals surface area contributed by atoms with Crippen molar-refractivity contribution in [1.82, 2.24) is 10.3 Å². The molecule has 0 radical (unpaired) electrons. The summed E-state index contributed by atoms with van der Waals surface area (Å²) in [6.07, 6.45) is 4.27. The molecule has 3 rings (SSSR count). The van der Waals surface area contributed by atoms with E-state index in [0.717, 1.165) is 31.2 Å². The summed E-state index contributed by atoms with van der Waals surface area (Å²) in [5.41, 5.74) is 3.14. The van der Waals surface area contributed by atoms with Crippen LogP contribution < -0.4 is 15.5 Å². The van der Waals surface area contributed by atoms with Crippen LogP contribution in [-0.2, 0) is 11.2 Å². The molecule has 25 heavy (non-hydrogen) atoms. The highest BCUT2D eigenvalue weighted by atomic mass is 127. The Hall–Kier alpha value is -2.16. The molecule has 0 aliphatic carbocycles. The van der Waals surface area contributed by atoms with Crippen LogP contribution in [0.3, 0.4) is 0 Å². The van der Waals surface area contributed by atoms with Gasteiger partial charge in [-0.25, -0.2) is 4.99 Å². The van der Waals surface area contributed by atoms with E-state index in [0.29, 0.717) is 5.69 Å². The first-order chi connectivity index (χ1) is 11.8. The molecule has 1 aliphatic heterocycles. The van der Waals surface area contributed by atoms with Gasteiger partial charge in [-0.05, 0) is 37.1 Å². The minimum Gasteiger partial charge on any atom is -0.356 e. The van der Waals surface area contributed by atoms with E-state index in [-0.39, 0.29) is 36.4 Å². The number of fused-ring (bicyclic) bond motifs is 1. The normalized spacial score (nSPS) is 13.0. The number of aliphatic imine (C=N–C) groups is 1. The zero-order chi connectivity index (χ0) is 16.8. The summed E-state index contributed by atoms with van der Waals surface area (Å²) in [6, 6.07) is 11.9. The quantitative estimate of drug-likeness (QED) is 0.426. The van der Waals surface area contributed by atoms with Crippen LogP contribution in [0.5, 0.6) is 0 Å². The Morgan fingerprint density at radius 2 is 2.12 bits per heavy atom. The Morgan fingerprint density at radius 3 is 2.88 bits per heavy atom. The molecule has 0 bridgehead atoms. The molecule has 1 aliphatic rings. The molecule has 2 N–H and O–H groups in total. The van der Waals surface area contributed by atoms with E-state index >= 15 is 0 Å². The van der Waals surface area contributed by atoms with Gasteiger partial charge in [-0.3, -0.25) is 9.78 Å². The predicted molar refractivity (Wildman–Crippen MR) is 112 cm³/mol. The number of nitrogens with one attached hydrogen (secondary N) is 2. The van der Waals surface area contributed by atoms with Crippen molar-refractivity contribution in [3.8, 4) is 0 Å². The lowest BCUT2D eigenvalue weighted by Crippen LogP contribution is -2.41. The molecule has 0 fully saturated rings. The number of rotatable bonds is 4. The van der Waals surface area contributed by atoms with Gasteiger partial charge >= 0.3 is 0 Å². The highest BCUT2D eigenvalue weighted by Gasteiger charge is 2.22. The van der Waals surface area contributed by atoms with E-state index in [9.17, 15) is 4.79 Å². The van der Waals surface area contributed by atoms with Gasteiger partial charge in [0.15, 0.2) is 5.96 Å². The van der Waals surface area contributed by atoms with E-state index in [4.69, 9.17) is 0 Å². The van der Waals surface area contributed by atoms with Gasteiger partial charge in [0.25, 0.3) is 0 Å². The van der Waals surface area contributed by atoms with Crippen LogP contribution in [0.15, 0.2) is 53.8 Å². The van der Waals surface area contributed by atoms with Crippen molar-refractivity contribution in [2.45, 2.75) is 13.3 Å². The van der Waals surface area contributed by atoms with Gasteiger partial charge in [-0.1, -0.05) is 18.2 Å². The maximum absolute atomic E-state index is 12.1. The van der Waals surface area contributed by atoms with Crippen LogP contribution >= 0.6 is 24.0 Å². The van der Waals surface area contributed by atoms with E-state index in [2.05, 4.69) is 37.6 Å². The van der Waals surface area contributed by atoms with Gasteiger partial charge in [0, 0.05) is 25.0 Å². The lowest BCUT2D eigenvalue weighted by Gasteiger charge is -2.22. The number of halogens is 1. The molecule has 0 saturated carbocycles. The summed E-state index contributed by atoms with van der Waals surface area (Å²) in [5, 5.41) is 6.06. The third-order valence-electron chi connectivity index (χ3n) is 3.80. The molecule has 2 aromatic rings. The number of aromatic nitrogens is 1. The predicted octanol–water partition coefficient (Wildman–Crippen LogP) is 2.67. The lowest BCUT2D eigenvalue weighted by atomic mass is 10.2. The molecular weight excluding hydrogens is 429 g/mol. The van der Waals surface area contributed by atoms with Crippen LogP contribution in [0.2, 0.25) is 0 Å². The standard InChI is InChI=1S/C18H21N5O.HI/c1-2-20-18(23-11-9-14-6-3-4-8-16(14)23)21-13-17(24)22-15-7-5-10-19-12-15;/h3-8,10,12H,2,9,11,13H2,1H3,(H,20,21)(H,22,24);1H. The maximum Gasteiger partial charge on any atom is 0.246 e. The van der Waals surface area contributed by atoms with Crippen LogP contribution in [-0.4, -0.2) is 36.5 Å². The molecule has 1 aromatic carbocycles. The molecule has 132 valence electrons. The Balaban J connectivity index is 0.00000225. The number of hydrogen-bond donors (Lipinski definition) is 2. The van der Waals surface area contributed by atoms with Crippen LogP contribution in [0.1, 0.15) is 12.5 Å². The second kappa shape index (κ2) is 9.36. The number of carbonyl (C=O) groups is 1. The number of amides is 1. The Bertz CT molecular complexity index is 735. The van der Waals surface area contributed by atoms with Gasteiger partial charge in [0.05, 0.1) is 11.9 Å². The van der Waals surface area contributed by atoms with E-state index in [1.807, 2.05) is 19.1 Å². The molecular formula is C18H22IN5O. The largest absolute Gasteiger partial charge is 0.356 e. The van der Waals surface area contributed by atoms with Crippen molar-refractivity contribution in [3.05, 3.63) is 54.4 Å². The molecule has 0 unspecified atom stereocenters. The molecule has 0 atom stereocenters. The molecule has 0 spiro atoms. The minimum absolute atomic E-state index is 0. The van der Waals surface area contributed by atoms with Crippen LogP contribution in [0.4, 0.5) is 11.4 Å². The molecule has 0 saturated heterocycles. The summed E-state index contributed by atoms with van der Waals surface area (Å²) in [4.78, 5) is 22.7. The van der Waals surface area contributed by atoms with Gasteiger partial charge in [0.2, 0.25) is 5.91 Å². The Morgan fingerprint density at radius 1 is 1.28 bits per heavy atom. The number of para-hydroxylation sites is 1. The second-order valence-corrected chi connectivity index (χ2v) is 5.49. The SMILES string of the molecule is CCNC(=NCC(=O)Nc1cccnc1)N1CCc2ccccc21.I. The van der Waals surface area contributed by atoms with Gasteiger partial charge in [-0.15, -0.1) is 24.0 Å². The summed E-state index contributed by atoms with van der Waals surface area (Å²) >= 11 is 0. The second-order valence-electron chi connectivity index (χ2n) is 5.49. The topological polar surface area (TPSA) is 69.6 Å². The number of anilines is 2. The van der Waals surface area contributed by atoms with Crippen molar-refractivity contribution in [2.75, 3.05) is 29.9 Å². The molecule has 2 heterocycles. The Labute approximate surface area is 164 Å². The molecule has 1 amide bonds. The number of pyridine rings is 1. The number of guanidine groups is 1. The fourth-order valence-electron chi connectivity index (χ4n) is 2.74. The van der Waals surface area contributed by atoms with Crippen LogP contribution in [0, 0.1) is 0 Å². The molecule has 1 aromatic heterocycles. The highest BCUT2D eigenvalue weighted by molar-refractivity contribution is 14.0. The third-order valence-corrected chi connectivity index (χ3v) is 3.80. The van der Waals surface area contributed by atoms with Crippen molar-refractivity contribution < 1.29 is 4.79 Å². The third kappa shape index (κ3) is 4.91. The average molecular weight is 451 g/mol. The first-order valence-electron chi connectivity index (χ1n) is 8.11. The smallest absolute Gasteiger partial charge is 0.246 e. The van der Waals surface area contributed by atoms with Crippen molar-refractivity contribution >= 4 is 47.2 Å². The number of carbonyl (C=O) groups excluding carboxylic acids is 1. The zero-order valence-electron chi connectivity index (χ0n) is 14.1. The summed E-state index contributed by atoms with van der Waals surface area (Å²) in [6.45, 7) is 3.71. The first kappa shape index (κ1) is 19.2. The average Bonchev–Trinajstić information content (AvgIpc) is 3.03. The van der Waals surface area contributed by atoms with Crippen molar-refractivity contribution in [2.24, 2.45) is 4.99 Å². The summed E-state index contributed by atoms with van der Waals surface area (Å²) in [7, 11) is 0. The van der Waals surface area contributed by atoms with E-state index in [1.54, 1.807) is 24.5 Å². The molecule has 6 nitrogen and oxygen atoms in total. The number of hydrogen-bond acceptors (Lipinski definition) is 3. The van der Waals surface area contributed by atoms with Gasteiger partial charge < -0.3 is 15.5 Å². The lowest BCUT2D eigenvalue weighted by molar-refractivity contribution is -0.114. The minimum atomic E-state index is -0.161. The fraction of sp³-hybridized carbons (Fsp3) is 0.278. The van der Waals surface area contributed by atoms with Gasteiger partial charge in [0.1, 0.15) is 6.54 Å². The van der Waals surface area contributed by atoms with Crippen molar-refractivity contribution in [3.63, 3.8) is 0 Å².